The van der Waals surface area contributed by atoms with Crippen molar-refractivity contribution in [2.45, 2.75) is 32.4 Å². The molecule has 0 fully saturated rings. The molecule has 3 N–H and O–H groups in total. The Labute approximate surface area is 115 Å². The van der Waals surface area contributed by atoms with Gasteiger partial charge in [-0.3, -0.25) is 10.1 Å². The van der Waals surface area contributed by atoms with Crippen molar-refractivity contribution in [2.24, 2.45) is 0 Å². The standard InChI is InChI=1S/C14H15ClN2O2/c1-6-10(15)4-3-8-9-5-11(14(18)19)16-7(2)13(9)17-12(6)8/h3-4,7,11,16-17H,5H2,1-2H3,(H,18,19). The minimum Gasteiger partial charge on any atom is -0.480 e. The highest BCUT2D eigenvalue weighted by molar-refractivity contribution is 6.32. The zero-order valence-electron chi connectivity index (χ0n) is 10.7. The van der Waals surface area contributed by atoms with Crippen LogP contribution in [-0.4, -0.2) is 22.1 Å². The summed E-state index contributed by atoms with van der Waals surface area (Å²) in [6, 6.07) is 3.31. The van der Waals surface area contributed by atoms with Crippen molar-refractivity contribution < 1.29 is 9.90 Å². The van der Waals surface area contributed by atoms with Gasteiger partial charge in [-0.05, 0) is 31.0 Å². The highest BCUT2D eigenvalue weighted by Gasteiger charge is 2.31. The van der Waals surface area contributed by atoms with Crippen LogP contribution in [0, 0.1) is 6.92 Å². The van der Waals surface area contributed by atoms with Gasteiger partial charge in [0.15, 0.2) is 0 Å². The van der Waals surface area contributed by atoms with E-state index in [0.29, 0.717) is 6.42 Å². The number of aryl methyl sites for hydroxylation is 1. The van der Waals surface area contributed by atoms with E-state index >= 15 is 0 Å². The topological polar surface area (TPSA) is 65.1 Å². The second kappa shape index (κ2) is 4.25. The van der Waals surface area contributed by atoms with Crippen LogP contribution in [0.4, 0.5) is 0 Å². The maximum atomic E-state index is 11.2. The fourth-order valence-corrected chi connectivity index (χ4v) is 3.01. The maximum absolute atomic E-state index is 11.2. The molecule has 1 aliphatic rings. The average molecular weight is 279 g/mol. The normalized spacial score (nSPS) is 22.5. The molecule has 0 saturated heterocycles. The SMILES string of the molecule is Cc1c(Cl)ccc2c3c([nH]c12)C(C)NC(C(=O)O)C3. The summed E-state index contributed by atoms with van der Waals surface area (Å²) in [6.07, 6.45) is 0.496. The number of carboxylic acids is 1. The number of hydrogen-bond acceptors (Lipinski definition) is 2. The Balaban J connectivity index is 2.22. The highest BCUT2D eigenvalue weighted by atomic mass is 35.5. The molecule has 2 unspecified atom stereocenters. The fraction of sp³-hybridized carbons (Fsp3) is 0.357. The first kappa shape index (κ1) is 12.5. The summed E-state index contributed by atoms with van der Waals surface area (Å²) in [6.45, 7) is 3.94. The van der Waals surface area contributed by atoms with Crippen LogP contribution in [0.5, 0.6) is 0 Å². The average Bonchev–Trinajstić information content (AvgIpc) is 2.74. The quantitative estimate of drug-likeness (QED) is 0.751. The van der Waals surface area contributed by atoms with Crippen LogP contribution < -0.4 is 5.32 Å². The van der Waals surface area contributed by atoms with E-state index < -0.39 is 12.0 Å². The molecule has 0 saturated carbocycles. The Morgan fingerprint density at radius 1 is 1.47 bits per heavy atom. The van der Waals surface area contributed by atoms with E-state index in [4.69, 9.17) is 11.6 Å². The lowest BCUT2D eigenvalue weighted by atomic mass is 9.94. The number of aliphatic carboxylic acids is 1. The molecule has 1 aromatic heterocycles. The molecule has 19 heavy (non-hydrogen) atoms. The van der Waals surface area contributed by atoms with Gasteiger partial charge in [0.2, 0.25) is 0 Å². The molecule has 5 heteroatoms. The van der Waals surface area contributed by atoms with Gasteiger partial charge in [0.05, 0.1) is 5.52 Å². The second-order valence-corrected chi connectivity index (χ2v) is 5.50. The van der Waals surface area contributed by atoms with E-state index in [1.54, 1.807) is 0 Å². The third-order valence-electron chi connectivity index (χ3n) is 3.90. The Morgan fingerprint density at radius 2 is 2.21 bits per heavy atom. The predicted molar refractivity (Wildman–Crippen MR) is 74.7 cm³/mol. The number of nitrogens with one attached hydrogen (secondary N) is 2. The van der Waals surface area contributed by atoms with Crippen LogP contribution in [0.25, 0.3) is 10.9 Å². The van der Waals surface area contributed by atoms with Gasteiger partial charge in [-0.1, -0.05) is 17.7 Å². The molecule has 1 aliphatic heterocycles. The van der Waals surface area contributed by atoms with E-state index in [2.05, 4.69) is 10.3 Å². The summed E-state index contributed by atoms with van der Waals surface area (Å²) in [5.74, 6) is -0.808. The van der Waals surface area contributed by atoms with E-state index in [1.165, 1.54) is 0 Å². The van der Waals surface area contributed by atoms with Crippen molar-refractivity contribution in [3.63, 3.8) is 0 Å². The monoisotopic (exact) mass is 278 g/mol. The summed E-state index contributed by atoms with van der Waals surface area (Å²) in [5, 5.41) is 14.1. The Bertz CT molecular complexity index is 678. The Hall–Kier alpha value is -1.52. The van der Waals surface area contributed by atoms with Crippen LogP contribution in [0.2, 0.25) is 5.02 Å². The summed E-state index contributed by atoms with van der Waals surface area (Å²) < 4.78 is 0. The van der Waals surface area contributed by atoms with E-state index in [9.17, 15) is 9.90 Å². The van der Waals surface area contributed by atoms with Crippen molar-refractivity contribution in [2.75, 3.05) is 0 Å². The molecular formula is C14H15ClN2O2. The number of aromatic amines is 1. The number of fused-ring (bicyclic) bond motifs is 3. The van der Waals surface area contributed by atoms with Crippen LogP contribution in [0.1, 0.15) is 29.8 Å². The molecule has 0 bridgehead atoms. The van der Waals surface area contributed by atoms with Crippen LogP contribution in [-0.2, 0) is 11.2 Å². The number of aromatic nitrogens is 1. The molecule has 4 nitrogen and oxygen atoms in total. The van der Waals surface area contributed by atoms with Crippen molar-refractivity contribution in [1.29, 1.82) is 0 Å². The van der Waals surface area contributed by atoms with Crippen molar-refractivity contribution in [1.82, 2.24) is 10.3 Å². The van der Waals surface area contributed by atoms with Gasteiger partial charge in [-0.2, -0.15) is 0 Å². The third kappa shape index (κ3) is 1.83. The molecule has 0 spiro atoms. The smallest absolute Gasteiger partial charge is 0.321 e. The molecule has 0 radical (unpaired) electrons. The Morgan fingerprint density at radius 3 is 2.89 bits per heavy atom. The molecule has 0 aliphatic carbocycles. The maximum Gasteiger partial charge on any atom is 0.321 e. The van der Waals surface area contributed by atoms with Gasteiger partial charge in [-0.25, -0.2) is 0 Å². The molecule has 0 amide bonds. The predicted octanol–water partition coefficient (Wildman–Crippen LogP) is 2.79. The van der Waals surface area contributed by atoms with Crippen molar-refractivity contribution in [3.05, 3.63) is 34.0 Å². The van der Waals surface area contributed by atoms with Gasteiger partial charge >= 0.3 is 5.97 Å². The molecule has 1 aromatic carbocycles. The summed E-state index contributed by atoms with van der Waals surface area (Å²) in [5.41, 5.74) is 4.18. The number of halogens is 1. The zero-order chi connectivity index (χ0) is 13.7. The van der Waals surface area contributed by atoms with Crippen molar-refractivity contribution in [3.8, 4) is 0 Å². The molecule has 2 atom stereocenters. The Kier molecular flexibility index (Phi) is 2.80. The molecule has 100 valence electrons. The minimum absolute atomic E-state index is 0.00424. The lowest BCUT2D eigenvalue weighted by molar-refractivity contribution is -0.139. The van der Waals surface area contributed by atoms with Crippen LogP contribution in [0.3, 0.4) is 0 Å². The molecule has 3 rings (SSSR count). The largest absolute Gasteiger partial charge is 0.480 e. The van der Waals surface area contributed by atoms with Gasteiger partial charge in [0.1, 0.15) is 6.04 Å². The number of H-pyrrole nitrogens is 1. The van der Waals surface area contributed by atoms with Crippen LogP contribution >= 0.6 is 11.6 Å². The van der Waals surface area contributed by atoms with E-state index in [0.717, 1.165) is 32.7 Å². The molecule has 2 aromatic rings. The summed E-state index contributed by atoms with van der Waals surface area (Å²) in [4.78, 5) is 14.6. The lowest BCUT2D eigenvalue weighted by Crippen LogP contribution is -2.43. The lowest BCUT2D eigenvalue weighted by Gasteiger charge is -2.26. The number of carboxylic acid groups (broad SMARTS) is 1. The van der Waals surface area contributed by atoms with Gasteiger partial charge in [0.25, 0.3) is 0 Å². The third-order valence-corrected chi connectivity index (χ3v) is 4.31. The number of hydrogen-bond donors (Lipinski definition) is 3. The number of benzene rings is 1. The van der Waals surface area contributed by atoms with Gasteiger partial charge < -0.3 is 10.1 Å². The second-order valence-electron chi connectivity index (χ2n) is 5.10. The van der Waals surface area contributed by atoms with Gasteiger partial charge in [-0.15, -0.1) is 0 Å². The number of rotatable bonds is 1. The summed E-state index contributed by atoms with van der Waals surface area (Å²) >= 11 is 6.14. The summed E-state index contributed by atoms with van der Waals surface area (Å²) in [7, 11) is 0. The first-order valence-corrected chi connectivity index (χ1v) is 6.65. The molecular weight excluding hydrogens is 264 g/mol. The van der Waals surface area contributed by atoms with E-state index in [1.807, 2.05) is 26.0 Å². The molecule has 2 heterocycles. The van der Waals surface area contributed by atoms with E-state index in [-0.39, 0.29) is 6.04 Å². The fourth-order valence-electron chi connectivity index (χ4n) is 2.85. The first-order chi connectivity index (χ1) is 8.99. The zero-order valence-corrected chi connectivity index (χ0v) is 11.5. The number of carbonyl (C=O) groups is 1. The highest BCUT2D eigenvalue weighted by Crippen LogP contribution is 2.35. The van der Waals surface area contributed by atoms with Crippen LogP contribution in [0.15, 0.2) is 12.1 Å². The van der Waals surface area contributed by atoms with Gasteiger partial charge in [0, 0.05) is 28.6 Å². The minimum atomic E-state index is -0.808. The van der Waals surface area contributed by atoms with Crippen molar-refractivity contribution >= 4 is 28.5 Å². The first-order valence-electron chi connectivity index (χ1n) is 6.27.